The van der Waals surface area contributed by atoms with E-state index in [0.717, 1.165) is 10.5 Å². The van der Waals surface area contributed by atoms with Gasteiger partial charge in [0.25, 0.3) is 0 Å². The number of rotatable bonds is 3. The van der Waals surface area contributed by atoms with Crippen LogP contribution in [0.4, 0.5) is 17.3 Å². The molecule has 2 heterocycles. The molecule has 0 aromatic carbocycles. The summed E-state index contributed by atoms with van der Waals surface area (Å²) in [5, 5.41) is 8.96. The molecule has 0 aliphatic rings. The van der Waals surface area contributed by atoms with Crippen LogP contribution >= 0.6 is 11.8 Å². The largest absolute Gasteiger partial charge is 0.395 e. The normalized spacial score (nSPS) is 10.1. The van der Waals surface area contributed by atoms with Crippen LogP contribution in [0.15, 0.2) is 29.3 Å². The number of hydrogen-bond acceptors (Lipinski definition) is 7. The molecule has 0 amide bonds. The Morgan fingerprint density at radius 2 is 2.11 bits per heavy atom. The van der Waals surface area contributed by atoms with Gasteiger partial charge in [-0.05, 0) is 17.7 Å². The second-order valence-electron chi connectivity index (χ2n) is 3.76. The Hall–Kier alpha value is -2.46. The van der Waals surface area contributed by atoms with Gasteiger partial charge in [-0.3, -0.25) is 0 Å². The first kappa shape index (κ1) is 13.0. The van der Waals surface area contributed by atoms with Crippen LogP contribution in [-0.2, 0) is 5.75 Å². The molecule has 0 saturated heterocycles. The topological polar surface area (TPSA) is 128 Å². The third-order valence-electron chi connectivity index (χ3n) is 2.45. The van der Waals surface area contributed by atoms with Gasteiger partial charge in [-0.2, -0.15) is 5.26 Å². The van der Waals surface area contributed by atoms with Gasteiger partial charge in [0.05, 0.1) is 5.69 Å². The average molecular weight is 272 g/mol. The Morgan fingerprint density at radius 3 is 2.84 bits per heavy atom. The third kappa shape index (κ3) is 2.86. The van der Waals surface area contributed by atoms with Gasteiger partial charge < -0.3 is 17.2 Å². The van der Waals surface area contributed by atoms with Gasteiger partial charge in [0.1, 0.15) is 23.4 Å². The molecule has 0 aliphatic heterocycles. The molecule has 19 heavy (non-hydrogen) atoms. The van der Waals surface area contributed by atoms with Gasteiger partial charge in [0.15, 0.2) is 0 Å². The van der Waals surface area contributed by atoms with E-state index in [1.54, 1.807) is 18.3 Å². The van der Waals surface area contributed by atoms with Crippen LogP contribution in [0.25, 0.3) is 0 Å². The minimum absolute atomic E-state index is 0.217. The van der Waals surface area contributed by atoms with Crippen molar-refractivity contribution >= 4 is 29.1 Å². The zero-order valence-electron chi connectivity index (χ0n) is 10.00. The molecule has 0 saturated carbocycles. The number of thioether (sulfide) groups is 1. The van der Waals surface area contributed by atoms with E-state index in [9.17, 15) is 0 Å². The van der Waals surface area contributed by atoms with Crippen LogP contribution in [0.1, 0.15) is 11.3 Å². The van der Waals surface area contributed by atoms with E-state index in [1.165, 1.54) is 11.8 Å². The molecule has 0 spiro atoms. The third-order valence-corrected chi connectivity index (χ3v) is 3.55. The number of aromatic nitrogens is 2. The number of anilines is 3. The molecule has 0 fully saturated rings. The fourth-order valence-corrected chi connectivity index (χ4v) is 2.51. The maximum absolute atomic E-state index is 8.96. The van der Waals surface area contributed by atoms with Crippen molar-refractivity contribution in [1.82, 2.24) is 9.97 Å². The summed E-state index contributed by atoms with van der Waals surface area (Å²) in [6.45, 7) is 0. The first-order valence-corrected chi connectivity index (χ1v) is 6.38. The van der Waals surface area contributed by atoms with Crippen LogP contribution in [0.3, 0.4) is 0 Å². The lowest BCUT2D eigenvalue weighted by Crippen LogP contribution is -2.03. The highest BCUT2D eigenvalue weighted by atomic mass is 32.2. The van der Waals surface area contributed by atoms with E-state index in [4.69, 9.17) is 22.5 Å². The summed E-state index contributed by atoms with van der Waals surface area (Å²) in [5.74, 6) is 1.10. The van der Waals surface area contributed by atoms with Gasteiger partial charge in [-0.15, -0.1) is 11.8 Å². The minimum Gasteiger partial charge on any atom is -0.395 e. The SMILES string of the molecule is N#Cc1ncccc1CSc1cc(N)nc(N)c1N. The average Bonchev–Trinajstić information content (AvgIpc) is 2.41. The van der Waals surface area contributed by atoms with Crippen LogP contribution in [0.2, 0.25) is 0 Å². The van der Waals surface area contributed by atoms with Crippen LogP contribution in [0, 0.1) is 11.3 Å². The summed E-state index contributed by atoms with van der Waals surface area (Å²) in [6.07, 6.45) is 1.59. The first-order valence-electron chi connectivity index (χ1n) is 5.40. The summed E-state index contributed by atoms with van der Waals surface area (Å²) in [6, 6.07) is 7.35. The highest BCUT2D eigenvalue weighted by Crippen LogP contribution is 2.32. The zero-order chi connectivity index (χ0) is 13.8. The van der Waals surface area contributed by atoms with E-state index in [0.29, 0.717) is 23.0 Å². The van der Waals surface area contributed by atoms with Gasteiger partial charge in [0, 0.05) is 16.8 Å². The Balaban J connectivity index is 2.22. The fraction of sp³-hybridized carbons (Fsp3) is 0.0833. The fourth-order valence-electron chi connectivity index (χ4n) is 1.50. The van der Waals surface area contributed by atoms with Crippen LogP contribution in [-0.4, -0.2) is 9.97 Å². The number of nitrogen functional groups attached to an aromatic ring is 3. The molecule has 0 radical (unpaired) electrons. The van der Waals surface area contributed by atoms with Gasteiger partial charge in [-0.1, -0.05) is 6.07 Å². The van der Waals surface area contributed by atoms with E-state index >= 15 is 0 Å². The second kappa shape index (κ2) is 5.46. The minimum atomic E-state index is 0.217. The molecule has 6 nitrogen and oxygen atoms in total. The van der Waals surface area contributed by atoms with Crippen molar-refractivity contribution < 1.29 is 0 Å². The molecule has 2 aromatic rings. The molecule has 0 bridgehead atoms. The maximum atomic E-state index is 8.96. The van der Waals surface area contributed by atoms with E-state index in [2.05, 4.69) is 16.0 Å². The highest BCUT2D eigenvalue weighted by Gasteiger charge is 2.09. The first-order chi connectivity index (χ1) is 9.11. The molecule has 0 unspecified atom stereocenters. The maximum Gasteiger partial charge on any atom is 0.150 e. The quantitative estimate of drug-likeness (QED) is 0.720. The smallest absolute Gasteiger partial charge is 0.150 e. The zero-order valence-corrected chi connectivity index (χ0v) is 10.8. The van der Waals surface area contributed by atoms with Gasteiger partial charge in [0.2, 0.25) is 0 Å². The van der Waals surface area contributed by atoms with Crippen LogP contribution in [0.5, 0.6) is 0 Å². The lowest BCUT2D eigenvalue weighted by atomic mass is 10.2. The second-order valence-corrected chi connectivity index (χ2v) is 4.77. The molecular weight excluding hydrogens is 260 g/mol. The molecule has 2 aromatic heterocycles. The van der Waals surface area contributed by atoms with Crippen molar-refractivity contribution in [2.45, 2.75) is 10.6 Å². The Labute approximate surface area is 114 Å². The van der Waals surface area contributed by atoms with Crippen molar-refractivity contribution in [3.8, 4) is 6.07 Å². The Kier molecular flexibility index (Phi) is 3.73. The van der Waals surface area contributed by atoms with Crippen molar-refractivity contribution in [2.24, 2.45) is 0 Å². The number of nitrogens with two attached hydrogens (primary N) is 3. The predicted octanol–water partition coefficient (Wildman–Crippen LogP) is 1.39. The number of hydrogen-bond donors (Lipinski definition) is 3. The van der Waals surface area contributed by atoms with Crippen LogP contribution < -0.4 is 17.2 Å². The summed E-state index contributed by atoms with van der Waals surface area (Å²) < 4.78 is 0. The lowest BCUT2D eigenvalue weighted by molar-refractivity contribution is 1.19. The highest BCUT2D eigenvalue weighted by molar-refractivity contribution is 7.98. The molecular formula is C12H12N6S. The Morgan fingerprint density at radius 1 is 1.32 bits per heavy atom. The van der Waals surface area contributed by atoms with E-state index < -0.39 is 0 Å². The van der Waals surface area contributed by atoms with Crippen molar-refractivity contribution in [1.29, 1.82) is 5.26 Å². The van der Waals surface area contributed by atoms with E-state index in [1.807, 2.05) is 6.07 Å². The van der Waals surface area contributed by atoms with E-state index in [-0.39, 0.29) is 5.82 Å². The summed E-state index contributed by atoms with van der Waals surface area (Å²) in [7, 11) is 0. The van der Waals surface area contributed by atoms with Gasteiger partial charge in [-0.25, -0.2) is 9.97 Å². The molecule has 6 N–H and O–H groups in total. The molecule has 7 heteroatoms. The predicted molar refractivity (Wildman–Crippen MR) is 76.0 cm³/mol. The monoisotopic (exact) mass is 272 g/mol. The number of nitriles is 1. The van der Waals surface area contributed by atoms with Crippen molar-refractivity contribution in [3.05, 3.63) is 35.7 Å². The molecule has 0 atom stereocenters. The molecule has 2 rings (SSSR count). The summed E-state index contributed by atoms with van der Waals surface area (Å²) in [4.78, 5) is 8.62. The number of pyridine rings is 2. The lowest BCUT2D eigenvalue weighted by Gasteiger charge is -2.08. The molecule has 96 valence electrons. The van der Waals surface area contributed by atoms with Crippen molar-refractivity contribution in [2.75, 3.05) is 17.2 Å². The van der Waals surface area contributed by atoms with Gasteiger partial charge >= 0.3 is 0 Å². The Bertz CT molecular complexity index is 649. The standard InChI is InChI=1S/C12H12N6S/c13-5-8-7(2-1-3-17-8)6-19-9-4-10(14)18-12(16)11(9)15/h1-4H,6,15H2,(H4,14,16,18). The summed E-state index contributed by atoms with van der Waals surface area (Å²) in [5.41, 5.74) is 18.8. The summed E-state index contributed by atoms with van der Waals surface area (Å²) >= 11 is 1.44. The molecule has 0 aliphatic carbocycles. The number of nitrogens with zero attached hydrogens (tertiary/aromatic N) is 3. The van der Waals surface area contributed by atoms with Crippen molar-refractivity contribution in [3.63, 3.8) is 0 Å².